The van der Waals surface area contributed by atoms with E-state index in [0.717, 1.165) is 36.7 Å². The van der Waals surface area contributed by atoms with E-state index in [1.54, 1.807) is 0 Å². The number of thiophene rings is 1. The Bertz CT molecular complexity index is 629. The molecule has 1 saturated heterocycles. The zero-order valence-corrected chi connectivity index (χ0v) is 12.5. The van der Waals surface area contributed by atoms with Gasteiger partial charge in [-0.25, -0.2) is 0 Å². The lowest BCUT2D eigenvalue weighted by Crippen LogP contribution is -2.46. The van der Waals surface area contributed by atoms with E-state index in [4.69, 9.17) is 15.2 Å². The fourth-order valence-electron chi connectivity index (χ4n) is 3.16. The number of anilines is 1. The van der Waals surface area contributed by atoms with Gasteiger partial charge in [0.05, 0.1) is 0 Å². The van der Waals surface area contributed by atoms with Crippen LogP contribution in [0.5, 0.6) is 11.5 Å². The van der Waals surface area contributed by atoms with Gasteiger partial charge in [-0.1, -0.05) is 6.07 Å². The Morgan fingerprint density at radius 1 is 1.14 bits per heavy atom. The highest BCUT2D eigenvalue weighted by molar-refractivity contribution is 7.10. The van der Waals surface area contributed by atoms with Crippen molar-refractivity contribution in [2.45, 2.75) is 18.4 Å². The second-order valence-electron chi connectivity index (χ2n) is 5.65. The van der Waals surface area contributed by atoms with Crippen molar-refractivity contribution in [2.24, 2.45) is 5.73 Å². The van der Waals surface area contributed by atoms with Crippen molar-refractivity contribution in [3.05, 3.63) is 40.6 Å². The minimum atomic E-state index is 0.205. The lowest BCUT2D eigenvalue weighted by atomic mass is 9.93. The monoisotopic (exact) mass is 302 g/mol. The van der Waals surface area contributed by atoms with Crippen molar-refractivity contribution in [1.29, 1.82) is 0 Å². The van der Waals surface area contributed by atoms with Crippen LogP contribution in [0.1, 0.15) is 17.2 Å². The first-order valence-corrected chi connectivity index (χ1v) is 8.11. The molecule has 4 rings (SSSR count). The first-order chi connectivity index (χ1) is 10.3. The van der Waals surface area contributed by atoms with Crippen molar-refractivity contribution in [3.8, 4) is 11.5 Å². The van der Waals surface area contributed by atoms with Crippen LogP contribution < -0.4 is 20.1 Å². The number of hydrogen-bond donors (Lipinski definition) is 1. The minimum Gasteiger partial charge on any atom is -0.454 e. The van der Waals surface area contributed by atoms with Gasteiger partial charge >= 0.3 is 0 Å². The van der Waals surface area contributed by atoms with E-state index >= 15 is 0 Å². The molecule has 0 bridgehead atoms. The molecule has 110 valence electrons. The Kier molecular flexibility index (Phi) is 3.24. The predicted octanol–water partition coefficient (Wildman–Crippen LogP) is 2.80. The number of nitrogens with zero attached hydrogens (tertiary/aromatic N) is 1. The predicted molar refractivity (Wildman–Crippen MR) is 84.4 cm³/mol. The maximum Gasteiger partial charge on any atom is 0.231 e. The molecule has 2 aliphatic rings. The van der Waals surface area contributed by atoms with Crippen LogP contribution in [-0.2, 0) is 0 Å². The molecule has 0 aliphatic carbocycles. The molecule has 1 aromatic heterocycles. The highest BCUT2D eigenvalue weighted by atomic mass is 32.1. The Hall–Kier alpha value is -1.72. The van der Waals surface area contributed by atoms with Gasteiger partial charge in [-0.2, -0.15) is 0 Å². The Labute approximate surface area is 128 Å². The van der Waals surface area contributed by atoms with E-state index < -0.39 is 0 Å². The van der Waals surface area contributed by atoms with Gasteiger partial charge in [-0.15, -0.1) is 11.3 Å². The Morgan fingerprint density at radius 2 is 2.05 bits per heavy atom. The fraction of sp³-hybridized carbons (Fsp3) is 0.375. The van der Waals surface area contributed by atoms with Gasteiger partial charge < -0.3 is 20.1 Å². The molecule has 0 amide bonds. The van der Waals surface area contributed by atoms with E-state index in [1.807, 2.05) is 17.4 Å². The highest BCUT2D eigenvalue weighted by Gasteiger charge is 2.28. The van der Waals surface area contributed by atoms with Gasteiger partial charge in [-0.3, -0.25) is 0 Å². The smallest absolute Gasteiger partial charge is 0.231 e. The summed E-state index contributed by atoms with van der Waals surface area (Å²) in [7, 11) is 0. The summed E-state index contributed by atoms with van der Waals surface area (Å²) < 4.78 is 10.9. The van der Waals surface area contributed by atoms with Crippen LogP contribution in [0.15, 0.2) is 35.7 Å². The first kappa shape index (κ1) is 13.0. The molecule has 2 unspecified atom stereocenters. The van der Waals surface area contributed by atoms with Crippen LogP contribution in [-0.4, -0.2) is 25.9 Å². The van der Waals surface area contributed by atoms with Gasteiger partial charge in [-0.05, 0) is 30.0 Å². The van der Waals surface area contributed by atoms with E-state index in [9.17, 15) is 0 Å². The molecule has 2 atom stereocenters. The molecule has 2 N–H and O–H groups in total. The number of fused-ring (bicyclic) bond motifs is 1. The van der Waals surface area contributed by atoms with Crippen LogP contribution in [0.25, 0.3) is 0 Å². The summed E-state index contributed by atoms with van der Waals surface area (Å²) in [5, 5.41) is 2.14. The Balaban J connectivity index is 1.59. The second-order valence-corrected chi connectivity index (χ2v) is 6.63. The largest absolute Gasteiger partial charge is 0.454 e. The summed E-state index contributed by atoms with van der Waals surface area (Å²) in [5.74, 6) is 2.17. The van der Waals surface area contributed by atoms with E-state index in [-0.39, 0.29) is 6.04 Å². The van der Waals surface area contributed by atoms with Crippen LogP contribution in [0.2, 0.25) is 0 Å². The summed E-state index contributed by atoms with van der Waals surface area (Å²) >= 11 is 1.82. The number of benzene rings is 1. The maximum absolute atomic E-state index is 6.28. The fourth-order valence-corrected chi connectivity index (χ4v) is 4.00. The van der Waals surface area contributed by atoms with Crippen molar-refractivity contribution in [1.82, 2.24) is 0 Å². The first-order valence-electron chi connectivity index (χ1n) is 7.23. The summed E-state index contributed by atoms with van der Waals surface area (Å²) in [5.41, 5.74) is 7.44. The number of nitrogens with two attached hydrogens (primary N) is 1. The average Bonchev–Trinajstić information content (AvgIpc) is 3.17. The minimum absolute atomic E-state index is 0.205. The summed E-state index contributed by atoms with van der Waals surface area (Å²) in [6, 6.07) is 10.7. The molecular formula is C16H18N2O2S. The third kappa shape index (κ3) is 2.47. The third-order valence-electron chi connectivity index (χ3n) is 4.15. The quantitative estimate of drug-likeness (QED) is 0.926. The average molecular weight is 302 g/mol. The van der Waals surface area contributed by atoms with E-state index in [0.29, 0.717) is 12.7 Å². The second kappa shape index (κ2) is 5.24. The standard InChI is InChI=1S/C16H18N2O2S/c17-12-6-11(16-2-1-5-21-16)8-18(9-12)13-3-4-14-15(7-13)20-10-19-14/h1-5,7,11-12H,6,8-10,17H2. The highest BCUT2D eigenvalue weighted by Crippen LogP contribution is 2.38. The zero-order chi connectivity index (χ0) is 14.2. The maximum atomic E-state index is 6.28. The van der Waals surface area contributed by atoms with Gasteiger partial charge in [0.1, 0.15) is 0 Å². The summed E-state index contributed by atoms with van der Waals surface area (Å²) in [6.45, 7) is 2.21. The van der Waals surface area contributed by atoms with Crippen LogP contribution in [0.3, 0.4) is 0 Å². The summed E-state index contributed by atoms with van der Waals surface area (Å²) in [4.78, 5) is 3.79. The van der Waals surface area contributed by atoms with Crippen molar-refractivity contribution < 1.29 is 9.47 Å². The Morgan fingerprint density at radius 3 is 2.90 bits per heavy atom. The molecule has 1 fully saturated rings. The summed E-state index contributed by atoms with van der Waals surface area (Å²) in [6.07, 6.45) is 1.06. The molecule has 2 aromatic rings. The molecule has 3 heterocycles. The van der Waals surface area contributed by atoms with Crippen LogP contribution >= 0.6 is 11.3 Å². The molecule has 0 saturated carbocycles. The van der Waals surface area contributed by atoms with Gasteiger partial charge in [0.2, 0.25) is 6.79 Å². The van der Waals surface area contributed by atoms with Gasteiger partial charge in [0, 0.05) is 41.7 Å². The van der Waals surface area contributed by atoms with Crippen LogP contribution in [0, 0.1) is 0 Å². The van der Waals surface area contributed by atoms with Gasteiger partial charge in [0.15, 0.2) is 11.5 Å². The molecule has 5 heteroatoms. The molecular weight excluding hydrogens is 284 g/mol. The molecule has 4 nitrogen and oxygen atoms in total. The number of hydrogen-bond acceptors (Lipinski definition) is 5. The third-order valence-corrected chi connectivity index (χ3v) is 5.18. The molecule has 0 spiro atoms. The van der Waals surface area contributed by atoms with E-state index in [2.05, 4.69) is 34.5 Å². The van der Waals surface area contributed by atoms with Crippen molar-refractivity contribution >= 4 is 17.0 Å². The molecule has 21 heavy (non-hydrogen) atoms. The molecule has 2 aliphatic heterocycles. The number of ether oxygens (including phenoxy) is 2. The van der Waals surface area contributed by atoms with Crippen molar-refractivity contribution in [2.75, 3.05) is 24.8 Å². The number of rotatable bonds is 2. The lowest BCUT2D eigenvalue weighted by molar-refractivity contribution is 0.174. The lowest BCUT2D eigenvalue weighted by Gasteiger charge is -2.37. The normalized spacial score (nSPS) is 24.3. The zero-order valence-electron chi connectivity index (χ0n) is 11.7. The van der Waals surface area contributed by atoms with Crippen molar-refractivity contribution in [3.63, 3.8) is 0 Å². The van der Waals surface area contributed by atoms with Gasteiger partial charge in [0.25, 0.3) is 0 Å². The van der Waals surface area contributed by atoms with E-state index in [1.165, 1.54) is 4.88 Å². The van der Waals surface area contributed by atoms with Crippen LogP contribution in [0.4, 0.5) is 5.69 Å². The number of piperidine rings is 1. The topological polar surface area (TPSA) is 47.7 Å². The molecule has 0 radical (unpaired) electrons. The SMILES string of the molecule is NC1CC(c2cccs2)CN(c2ccc3c(c2)OCO3)C1. The molecule has 1 aromatic carbocycles.